The van der Waals surface area contributed by atoms with Crippen molar-refractivity contribution in [2.75, 3.05) is 0 Å². The number of nitrogens with zero attached hydrogens (tertiary/aromatic N) is 1. The fourth-order valence-corrected chi connectivity index (χ4v) is 0.617. The van der Waals surface area contributed by atoms with Crippen LogP contribution in [0.1, 0.15) is 0 Å². The number of carboxylic acid groups (broad SMARTS) is 1. The zero-order valence-corrected chi connectivity index (χ0v) is 6.17. The fourth-order valence-electron chi connectivity index (χ4n) is 0.617. The molecule has 0 saturated heterocycles. The lowest BCUT2D eigenvalue weighted by Crippen LogP contribution is -2.26. The third-order valence-corrected chi connectivity index (χ3v) is 1.15. The first-order valence-electron chi connectivity index (χ1n) is 3.07. The van der Waals surface area contributed by atoms with E-state index in [4.69, 9.17) is 15.3 Å². The van der Waals surface area contributed by atoms with Gasteiger partial charge in [-0.2, -0.15) is 0 Å². The van der Waals surface area contributed by atoms with Crippen LogP contribution in [0.25, 0.3) is 0 Å². The number of aliphatic carboxylic acids is 1. The highest BCUT2D eigenvalue weighted by Gasteiger charge is 2.18. The molecule has 13 heavy (non-hydrogen) atoms. The van der Waals surface area contributed by atoms with E-state index in [0.29, 0.717) is 0 Å². The maximum Gasteiger partial charge on any atom is 0.442 e. The van der Waals surface area contributed by atoms with E-state index in [-0.39, 0.29) is 4.73 Å². The molecule has 1 rings (SSSR count). The Hall–Kier alpha value is -2.18. The summed E-state index contributed by atoms with van der Waals surface area (Å²) in [5.74, 6) is -4.59. The van der Waals surface area contributed by atoms with Crippen LogP contribution in [-0.4, -0.2) is 32.0 Å². The molecule has 3 N–H and O–H groups in total. The second kappa shape index (κ2) is 3.05. The number of hydrogen-bond donors (Lipinski definition) is 3. The lowest BCUT2D eigenvalue weighted by molar-refractivity contribution is -0.164. The van der Waals surface area contributed by atoms with Gasteiger partial charge in [-0.15, -0.1) is 4.73 Å². The monoisotopic (exact) mass is 187 g/mol. The molecule has 0 aliphatic heterocycles. The van der Waals surface area contributed by atoms with Gasteiger partial charge in [-0.25, -0.2) is 9.59 Å². The summed E-state index contributed by atoms with van der Waals surface area (Å²) in [6.07, 6.45) is 0. The zero-order chi connectivity index (χ0) is 10.0. The highest BCUT2D eigenvalue weighted by molar-refractivity contribution is 6.28. The minimum absolute atomic E-state index is 0.288. The second-order valence-electron chi connectivity index (χ2n) is 2.03. The number of carbonyl (C=O) groups is 2. The number of carbonyl (C=O) groups excluding carboxylic acids is 1. The molecule has 1 heterocycles. The van der Waals surface area contributed by atoms with Gasteiger partial charge in [0, 0.05) is 12.1 Å². The van der Waals surface area contributed by atoms with Gasteiger partial charge in [0.1, 0.15) is 0 Å². The number of aromatic nitrogens is 1. The molecule has 0 saturated carbocycles. The molecule has 0 aromatic carbocycles. The summed E-state index contributed by atoms with van der Waals surface area (Å²) in [7, 11) is 0. The molecule has 0 spiro atoms. The minimum Gasteiger partial charge on any atom is -0.492 e. The predicted octanol–water partition coefficient (Wildman–Crippen LogP) is -1.06. The molecule has 0 radical (unpaired) electrons. The molecule has 0 aliphatic carbocycles. The van der Waals surface area contributed by atoms with Gasteiger partial charge in [0.05, 0.1) is 0 Å². The standard InChI is InChI=1S/C6H5NO6/c8-3-1-2-4(9)7(3)13-6(12)5(10)11/h1-2,8-9H,(H,10,11). The maximum absolute atomic E-state index is 10.4. The number of rotatable bonds is 1. The molecule has 0 atom stereocenters. The normalized spacial score (nSPS) is 9.54. The van der Waals surface area contributed by atoms with Gasteiger partial charge in [-0.05, 0) is 0 Å². The van der Waals surface area contributed by atoms with Crippen molar-refractivity contribution in [2.45, 2.75) is 0 Å². The predicted molar refractivity (Wildman–Crippen MR) is 37.0 cm³/mol. The molecule has 0 amide bonds. The van der Waals surface area contributed by atoms with Crippen molar-refractivity contribution in [1.82, 2.24) is 4.73 Å². The van der Waals surface area contributed by atoms with Crippen molar-refractivity contribution in [3.8, 4) is 11.8 Å². The lowest BCUT2D eigenvalue weighted by atomic mass is 10.6. The van der Waals surface area contributed by atoms with Crippen LogP contribution in [0.4, 0.5) is 0 Å². The van der Waals surface area contributed by atoms with E-state index in [9.17, 15) is 9.59 Å². The van der Waals surface area contributed by atoms with Gasteiger partial charge >= 0.3 is 11.9 Å². The van der Waals surface area contributed by atoms with E-state index < -0.39 is 23.7 Å². The van der Waals surface area contributed by atoms with Gasteiger partial charge in [0.25, 0.3) is 0 Å². The Morgan fingerprint density at radius 1 is 1.23 bits per heavy atom. The van der Waals surface area contributed by atoms with Crippen molar-refractivity contribution >= 4 is 11.9 Å². The van der Waals surface area contributed by atoms with Gasteiger partial charge in [-0.1, -0.05) is 0 Å². The maximum atomic E-state index is 10.4. The topological polar surface area (TPSA) is 109 Å². The van der Waals surface area contributed by atoms with E-state index in [1.165, 1.54) is 0 Å². The molecule has 1 aromatic rings. The van der Waals surface area contributed by atoms with Crippen LogP contribution in [0.2, 0.25) is 0 Å². The number of hydrogen-bond acceptors (Lipinski definition) is 5. The van der Waals surface area contributed by atoms with Crippen LogP contribution >= 0.6 is 0 Å². The average molecular weight is 187 g/mol. The Balaban J connectivity index is 2.85. The van der Waals surface area contributed by atoms with Gasteiger partial charge in [0.15, 0.2) is 0 Å². The molecule has 0 unspecified atom stereocenters. The van der Waals surface area contributed by atoms with Crippen LogP contribution in [0.15, 0.2) is 12.1 Å². The van der Waals surface area contributed by atoms with Crippen molar-refractivity contribution in [1.29, 1.82) is 0 Å². The van der Waals surface area contributed by atoms with Crippen molar-refractivity contribution in [2.24, 2.45) is 0 Å². The third-order valence-electron chi connectivity index (χ3n) is 1.15. The summed E-state index contributed by atoms with van der Waals surface area (Å²) in [4.78, 5) is 24.5. The van der Waals surface area contributed by atoms with Crippen LogP contribution in [0.5, 0.6) is 11.8 Å². The smallest absolute Gasteiger partial charge is 0.442 e. The highest BCUT2D eigenvalue weighted by Crippen LogP contribution is 2.18. The zero-order valence-electron chi connectivity index (χ0n) is 6.17. The summed E-state index contributed by atoms with van der Waals surface area (Å²) in [6.45, 7) is 0. The van der Waals surface area contributed by atoms with Crippen LogP contribution in [0.3, 0.4) is 0 Å². The Kier molecular flexibility index (Phi) is 2.09. The molecule has 1 aromatic heterocycles. The molecule has 0 bridgehead atoms. The van der Waals surface area contributed by atoms with Crippen molar-refractivity contribution in [3.05, 3.63) is 12.1 Å². The Morgan fingerprint density at radius 3 is 2.08 bits per heavy atom. The van der Waals surface area contributed by atoms with Crippen LogP contribution < -0.4 is 4.84 Å². The number of aromatic hydroxyl groups is 2. The van der Waals surface area contributed by atoms with E-state index >= 15 is 0 Å². The van der Waals surface area contributed by atoms with Gasteiger partial charge in [0.2, 0.25) is 11.8 Å². The van der Waals surface area contributed by atoms with Crippen LogP contribution in [-0.2, 0) is 9.59 Å². The summed E-state index contributed by atoms with van der Waals surface area (Å²) in [6, 6.07) is 2.06. The summed E-state index contributed by atoms with van der Waals surface area (Å²) in [5, 5.41) is 25.9. The molecule has 0 fully saturated rings. The van der Waals surface area contributed by atoms with Crippen molar-refractivity contribution < 1.29 is 29.7 Å². The van der Waals surface area contributed by atoms with Crippen molar-refractivity contribution in [3.63, 3.8) is 0 Å². The second-order valence-corrected chi connectivity index (χ2v) is 2.03. The van der Waals surface area contributed by atoms with E-state index in [1.54, 1.807) is 0 Å². The first kappa shape index (κ1) is 8.91. The number of carboxylic acids is 1. The minimum atomic E-state index is -1.83. The Labute approximate surface area is 71.4 Å². The molecular formula is C6H5NO6. The largest absolute Gasteiger partial charge is 0.492 e. The van der Waals surface area contributed by atoms with E-state index in [0.717, 1.165) is 12.1 Å². The van der Waals surface area contributed by atoms with Gasteiger partial charge < -0.3 is 20.2 Å². The molecule has 70 valence electrons. The summed E-state index contributed by atoms with van der Waals surface area (Å²) < 4.78 is 0.288. The quantitative estimate of drug-likeness (QED) is 0.483. The summed E-state index contributed by atoms with van der Waals surface area (Å²) >= 11 is 0. The molecule has 0 aliphatic rings. The Morgan fingerprint density at radius 2 is 1.69 bits per heavy atom. The van der Waals surface area contributed by atoms with Crippen LogP contribution in [0, 0.1) is 0 Å². The average Bonchev–Trinajstić information content (AvgIpc) is 2.35. The molecular weight excluding hydrogens is 182 g/mol. The van der Waals surface area contributed by atoms with Gasteiger partial charge in [-0.3, -0.25) is 0 Å². The highest BCUT2D eigenvalue weighted by atomic mass is 16.7. The van der Waals surface area contributed by atoms with E-state index in [2.05, 4.69) is 4.84 Å². The molecule has 7 heteroatoms. The van der Waals surface area contributed by atoms with E-state index in [1.807, 2.05) is 0 Å². The first-order chi connectivity index (χ1) is 6.02. The Bertz CT molecular complexity index is 335. The summed E-state index contributed by atoms with van der Waals surface area (Å²) in [5.41, 5.74) is 0. The third kappa shape index (κ3) is 1.70. The molecule has 7 nitrogen and oxygen atoms in total. The lowest BCUT2D eigenvalue weighted by Gasteiger charge is -2.03. The fraction of sp³-hybridized carbons (Fsp3) is 0. The SMILES string of the molecule is O=C(O)C(=O)On1c(O)ccc1O. The first-order valence-corrected chi connectivity index (χ1v) is 3.07.